The molecule has 0 spiro atoms. The number of sulfone groups is 1. The van der Waals surface area contributed by atoms with Crippen LogP contribution in [-0.2, 0) is 16.4 Å². The highest BCUT2D eigenvalue weighted by molar-refractivity contribution is 7.91. The predicted molar refractivity (Wildman–Crippen MR) is 69.8 cm³/mol. The van der Waals surface area contributed by atoms with Gasteiger partial charge in [0.15, 0.2) is 0 Å². The van der Waals surface area contributed by atoms with Crippen molar-refractivity contribution in [3.63, 3.8) is 0 Å². The highest BCUT2D eigenvalue weighted by Crippen LogP contribution is 2.29. The van der Waals surface area contributed by atoms with Crippen molar-refractivity contribution < 1.29 is 12.8 Å². The number of hydrogen-bond acceptors (Lipinski definition) is 5. The molecule has 1 aromatic heterocycles. The van der Waals surface area contributed by atoms with Crippen molar-refractivity contribution in [2.75, 3.05) is 25.1 Å². The molecule has 0 atom stereocenters. The Hall–Kier alpha value is -0.850. The summed E-state index contributed by atoms with van der Waals surface area (Å²) in [7, 11) is -0.886. The van der Waals surface area contributed by atoms with E-state index < -0.39 is 9.84 Å². The van der Waals surface area contributed by atoms with E-state index in [0.717, 1.165) is 5.76 Å². The molecule has 2 rings (SSSR count). The molecule has 0 radical (unpaired) electrons. The monoisotopic (exact) mass is 272 g/mol. The lowest BCUT2D eigenvalue weighted by atomic mass is 9.90. The molecule has 6 heteroatoms. The Morgan fingerprint density at radius 3 is 2.61 bits per heavy atom. The van der Waals surface area contributed by atoms with Crippen molar-refractivity contribution in [3.05, 3.63) is 24.2 Å². The van der Waals surface area contributed by atoms with Crippen molar-refractivity contribution in [1.29, 1.82) is 0 Å². The van der Waals surface area contributed by atoms with Crippen LogP contribution in [-0.4, -0.2) is 44.0 Å². The number of nitrogens with zero attached hydrogens (tertiary/aromatic N) is 1. The van der Waals surface area contributed by atoms with E-state index >= 15 is 0 Å². The van der Waals surface area contributed by atoms with Crippen LogP contribution in [0.3, 0.4) is 0 Å². The zero-order chi connectivity index (χ0) is 13.2. The summed E-state index contributed by atoms with van der Waals surface area (Å²) >= 11 is 0. The molecule has 102 valence electrons. The van der Waals surface area contributed by atoms with E-state index in [9.17, 15) is 8.42 Å². The van der Waals surface area contributed by atoms with Gasteiger partial charge in [-0.2, -0.15) is 0 Å². The average Bonchev–Trinajstić information content (AvgIpc) is 2.82. The summed E-state index contributed by atoms with van der Waals surface area (Å²) in [5, 5.41) is 0. The maximum atomic E-state index is 11.5. The third-order valence-electron chi connectivity index (χ3n) is 3.92. The van der Waals surface area contributed by atoms with Crippen molar-refractivity contribution in [2.24, 2.45) is 5.73 Å². The topological polar surface area (TPSA) is 76.5 Å². The van der Waals surface area contributed by atoms with Crippen molar-refractivity contribution in [2.45, 2.75) is 24.9 Å². The van der Waals surface area contributed by atoms with Gasteiger partial charge in [-0.3, -0.25) is 4.90 Å². The van der Waals surface area contributed by atoms with Gasteiger partial charge in [-0.25, -0.2) is 8.42 Å². The van der Waals surface area contributed by atoms with Crippen LogP contribution in [0.1, 0.15) is 18.6 Å². The fourth-order valence-electron chi connectivity index (χ4n) is 2.46. The highest BCUT2D eigenvalue weighted by atomic mass is 32.2. The zero-order valence-electron chi connectivity index (χ0n) is 10.6. The van der Waals surface area contributed by atoms with Crippen LogP contribution in [0.5, 0.6) is 0 Å². The molecule has 18 heavy (non-hydrogen) atoms. The van der Waals surface area contributed by atoms with Crippen LogP contribution in [0.25, 0.3) is 0 Å². The van der Waals surface area contributed by atoms with E-state index in [0.29, 0.717) is 25.9 Å². The largest absolute Gasteiger partial charge is 0.468 e. The van der Waals surface area contributed by atoms with Gasteiger partial charge in [0.2, 0.25) is 0 Å². The van der Waals surface area contributed by atoms with Crippen molar-refractivity contribution in [1.82, 2.24) is 4.90 Å². The first-order valence-corrected chi connectivity index (χ1v) is 7.94. The van der Waals surface area contributed by atoms with Gasteiger partial charge in [0.1, 0.15) is 15.6 Å². The van der Waals surface area contributed by atoms with E-state index in [4.69, 9.17) is 10.2 Å². The second-order valence-electron chi connectivity index (χ2n) is 5.02. The van der Waals surface area contributed by atoms with Crippen LogP contribution in [0.4, 0.5) is 0 Å². The van der Waals surface area contributed by atoms with E-state index in [1.54, 1.807) is 6.26 Å². The summed E-state index contributed by atoms with van der Waals surface area (Å²) in [5.41, 5.74) is 5.67. The Balaban J connectivity index is 2.08. The Kier molecular flexibility index (Phi) is 3.79. The quantitative estimate of drug-likeness (QED) is 0.869. The Labute approximate surface area is 108 Å². The van der Waals surface area contributed by atoms with Crippen molar-refractivity contribution in [3.8, 4) is 0 Å². The summed E-state index contributed by atoms with van der Waals surface area (Å²) in [4.78, 5) is 2.13. The van der Waals surface area contributed by atoms with E-state index in [1.165, 1.54) is 0 Å². The maximum Gasteiger partial charge on any atom is 0.150 e. The van der Waals surface area contributed by atoms with E-state index in [-0.39, 0.29) is 17.0 Å². The number of hydrogen-bond donors (Lipinski definition) is 1. The summed E-state index contributed by atoms with van der Waals surface area (Å²) < 4.78 is 28.4. The van der Waals surface area contributed by atoms with Crippen LogP contribution in [0, 0.1) is 0 Å². The van der Waals surface area contributed by atoms with Gasteiger partial charge in [-0.15, -0.1) is 0 Å². The zero-order valence-corrected chi connectivity index (χ0v) is 11.4. The lowest BCUT2D eigenvalue weighted by Gasteiger charge is -2.43. The van der Waals surface area contributed by atoms with Crippen LogP contribution in [0.15, 0.2) is 22.8 Å². The fourth-order valence-corrected chi connectivity index (χ4v) is 4.05. The third-order valence-corrected chi connectivity index (χ3v) is 5.57. The van der Waals surface area contributed by atoms with Gasteiger partial charge in [0.25, 0.3) is 0 Å². The molecule has 0 unspecified atom stereocenters. The smallest absolute Gasteiger partial charge is 0.150 e. The number of rotatable bonds is 4. The van der Waals surface area contributed by atoms with Crippen molar-refractivity contribution >= 4 is 9.84 Å². The van der Waals surface area contributed by atoms with Gasteiger partial charge >= 0.3 is 0 Å². The molecule has 1 fully saturated rings. The summed E-state index contributed by atoms with van der Waals surface area (Å²) in [6, 6.07) is 3.77. The molecule has 0 aromatic carbocycles. The first kappa shape index (κ1) is 13.6. The van der Waals surface area contributed by atoms with E-state index in [2.05, 4.69) is 4.90 Å². The summed E-state index contributed by atoms with van der Waals surface area (Å²) in [6.07, 6.45) is 2.84. The first-order chi connectivity index (χ1) is 8.47. The average molecular weight is 272 g/mol. The minimum atomic E-state index is -2.87. The van der Waals surface area contributed by atoms with Gasteiger partial charge in [-0.05, 0) is 32.0 Å². The second-order valence-corrected chi connectivity index (χ2v) is 7.32. The fraction of sp³-hybridized carbons (Fsp3) is 0.667. The summed E-state index contributed by atoms with van der Waals surface area (Å²) in [6.45, 7) is 1.13. The Morgan fingerprint density at radius 2 is 2.11 bits per heavy atom. The molecule has 5 nitrogen and oxygen atoms in total. The number of furan rings is 1. The molecule has 0 saturated carbocycles. The second kappa shape index (κ2) is 5.03. The van der Waals surface area contributed by atoms with Gasteiger partial charge in [0.05, 0.1) is 24.3 Å². The van der Waals surface area contributed by atoms with Gasteiger partial charge < -0.3 is 10.2 Å². The van der Waals surface area contributed by atoms with Gasteiger partial charge in [-0.1, -0.05) is 0 Å². The third kappa shape index (κ3) is 2.76. The molecule has 1 aliphatic heterocycles. The minimum absolute atomic E-state index is 0.224. The Bertz CT molecular complexity index is 467. The molecule has 1 saturated heterocycles. The van der Waals surface area contributed by atoms with Crippen LogP contribution >= 0.6 is 0 Å². The predicted octanol–water partition coefficient (Wildman–Crippen LogP) is 0.618. The molecule has 2 heterocycles. The molecular weight excluding hydrogens is 252 g/mol. The maximum absolute atomic E-state index is 11.5. The molecule has 0 bridgehead atoms. The first-order valence-electron chi connectivity index (χ1n) is 6.12. The number of likely N-dealkylation sites (N-methyl/N-ethyl adjacent to an activating group) is 1. The van der Waals surface area contributed by atoms with Gasteiger partial charge in [0, 0.05) is 12.1 Å². The van der Waals surface area contributed by atoms with Crippen LogP contribution < -0.4 is 5.73 Å². The number of nitrogens with two attached hydrogens (primary N) is 1. The standard InChI is InChI=1S/C12H20N2O3S/c1-14(9-11-3-2-6-17-11)12(10-13)4-7-18(15,16)8-5-12/h2-3,6H,4-5,7-10,13H2,1H3. The molecular formula is C12H20N2O3S. The molecule has 0 amide bonds. The highest BCUT2D eigenvalue weighted by Gasteiger charge is 2.39. The molecule has 0 aliphatic carbocycles. The lowest BCUT2D eigenvalue weighted by Crippen LogP contribution is -2.55. The molecule has 1 aliphatic rings. The molecule has 1 aromatic rings. The normalized spacial score (nSPS) is 22.2. The molecule has 2 N–H and O–H groups in total. The Morgan fingerprint density at radius 1 is 1.44 bits per heavy atom. The lowest BCUT2D eigenvalue weighted by molar-refractivity contribution is 0.0976. The minimum Gasteiger partial charge on any atom is -0.468 e. The SMILES string of the molecule is CN(Cc1ccco1)C1(CN)CCS(=O)(=O)CC1. The summed E-state index contributed by atoms with van der Waals surface area (Å²) in [5.74, 6) is 1.33. The van der Waals surface area contributed by atoms with Crippen LogP contribution in [0.2, 0.25) is 0 Å². The van der Waals surface area contributed by atoms with E-state index in [1.807, 2.05) is 19.2 Å².